The van der Waals surface area contributed by atoms with Gasteiger partial charge >= 0.3 is 0 Å². The first-order valence-corrected chi connectivity index (χ1v) is 10.7. The van der Waals surface area contributed by atoms with Gasteiger partial charge in [0.25, 0.3) is 0 Å². The van der Waals surface area contributed by atoms with Crippen molar-refractivity contribution < 1.29 is 9.63 Å². The summed E-state index contributed by atoms with van der Waals surface area (Å²) in [5, 5.41) is 14.4. The standard InChI is InChI=1S/C22H24ClN5O2/c23-18-7-5-16(6-8-18)20-10-12-30-28(20)21(29)17-3-1-15(2-4-17)14-26-22-25-11-9-19(13-24)27-22/h5-9,11,15,17,20H,1-4,10,12,14H2,(H,25,26,27)/t15?,17?,20-/m0/s1. The van der Waals surface area contributed by atoms with Crippen molar-refractivity contribution in [3.8, 4) is 6.07 Å². The normalized spacial score (nSPS) is 23.7. The summed E-state index contributed by atoms with van der Waals surface area (Å²) in [4.78, 5) is 27.1. The van der Waals surface area contributed by atoms with Gasteiger partial charge in [0.2, 0.25) is 11.9 Å². The molecule has 2 heterocycles. The molecule has 4 rings (SSSR count). The van der Waals surface area contributed by atoms with Crippen LogP contribution in [0.3, 0.4) is 0 Å². The molecule has 0 radical (unpaired) electrons. The molecule has 7 nitrogen and oxygen atoms in total. The molecule has 30 heavy (non-hydrogen) atoms. The lowest BCUT2D eigenvalue weighted by Gasteiger charge is -2.32. The van der Waals surface area contributed by atoms with E-state index in [0.29, 0.717) is 29.2 Å². The number of hydrogen-bond acceptors (Lipinski definition) is 6. The summed E-state index contributed by atoms with van der Waals surface area (Å²) >= 11 is 5.99. The number of hydroxylamine groups is 2. The third kappa shape index (κ3) is 4.72. The van der Waals surface area contributed by atoms with E-state index < -0.39 is 0 Å². The number of anilines is 1. The Labute approximate surface area is 181 Å². The molecule has 1 atom stereocenters. The van der Waals surface area contributed by atoms with Gasteiger partial charge in [-0.3, -0.25) is 9.63 Å². The maximum absolute atomic E-state index is 13.1. The largest absolute Gasteiger partial charge is 0.354 e. The zero-order chi connectivity index (χ0) is 20.9. The monoisotopic (exact) mass is 425 g/mol. The summed E-state index contributed by atoms with van der Waals surface area (Å²) in [6.07, 6.45) is 5.99. The van der Waals surface area contributed by atoms with Gasteiger partial charge in [0.15, 0.2) is 0 Å². The number of aromatic nitrogens is 2. The Morgan fingerprint density at radius 2 is 1.97 bits per heavy atom. The van der Waals surface area contributed by atoms with Crippen molar-refractivity contribution in [3.05, 3.63) is 52.8 Å². The zero-order valence-electron chi connectivity index (χ0n) is 16.6. The summed E-state index contributed by atoms with van der Waals surface area (Å²) < 4.78 is 0. The van der Waals surface area contributed by atoms with Crippen molar-refractivity contribution >= 4 is 23.5 Å². The van der Waals surface area contributed by atoms with Gasteiger partial charge in [-0.15, -0.1) is 0 Å². The Morgan fingerprint density at radius 3 is 2.70 bits per heavy atom. The Balaban J connectivity index is 1.29. The number of halogens is 1. The van der Waals surface area contributed by atoms with Crippen molar-refractivity contribution in [2.75, 3.05) is 18.5 Å². The Kier molecular flexibility index (Phi) is 6.46. The predicted molar refractivity (Wildman–Crippen MR) is 112 cm³/mol. The molecule has 0 bridgehead atoms. The summed E-state index contributed by atoms with van der Waals surface area (Å²) in [6.45, 7) is 1.30. The number of nitrogens with one attached hydrogen (secondary N) is 1. The van der Waals surface area contributed by atoms with Gasteiger partial charge in [-0.05, 0) is 55.4 Å². The Bertz CT molecular complexity index is 922. The molecule has 1 aliphatic heterocycles. The highest BCUT2D eigenvalue weighted by molar-refractivity contribution is 6.30. The SMILES string of the molecule is N#Cc1ccnc(NCC2CCC(C(=O)N3OCC[C@H]3c3ccc(Cl)cc3)CC2)n1. The maximum Gasteiger partial charge on any atom is 0.249 e. The summed E-state index contributed by atoms with van der Waals surface area (Å²) in [5.74, 6) is 1.01. The summed E-state index contributed by atoms with van der Waals surface area (Å²) in [5.41, 5.74) is 1.41. The van der Waals surface area contributed by atoms with E-state index in [-0.39, 0.29) is 17.9 Å². The molecular weight excluding hydrogens is 402 g/mol. The summed E-state index contributed by atoms with van der Waals surface area (Å²) in [7, 11) is 0. The van der Waals surface area contributed by atoms with Crippen LogP contribution in [0.5, 0.6) is 0 Å². The van der Waals surface area contributed by atoms with Crippen molar-refractivity contribution in [1.29, 1.82) is 5.26 Å². The smallest absolute Gasteiger partial charge is 0.249 e. The van der Waals surface area contributed by atoms with E-state index in [0.717, 1.165) is 44.2 Å². The van der Waals surface area contributed by atoms with Gasteiger partial charge in [-0.1, -0.05) is 23.7 Å². The molecule has 0 spiro atoms. The molecule has 1 amide bonds. The summed E-state index contributed by atoms with van der Waals surface area (Å²) in [6, 6.07) is 11.2. The predicted octanol–water partition coefficient (Wildman–Crippen LogP) is 4.13. The fourth-order valence-corrected chi connectivity index (χ4v) is 4.34. The van der Waals surface area contributed by atoms with Crippen molar-refractivity contribution in [3.63, 3.8) is 0 Å². The van der Waals surface area contributed by atoms with E-state index in [9.17, 15) is 4.79 Å². The van der Waals surface area contributed by atoms with Gasteiger partial charge in [0.1, 0.15) is 11.8 Å². The van der Waals surface area contributed by atoms with E-state index in [1.807, 2.05) is 30.3 Å². The minimum absolute atomic E-state index is 0.00711. The van der Waals surface area contributed by atoms with Crippen LogP contribution in [0.15, 0.2) is 36.5 Å². The molecule has 1 aromatic carbocycles. The first-order valence-electron chi connectivity index (χ1n) is 10.3. The Morgan fingerprint density at radius 1 is 1.20 bits per heavy atom. The molecule has 1 saturated heterocycles. The zero-order valence-corrected chi connectivity index (χ0v) is 17.4. The van der Waals surface area contributed by atoms with Crippen LogP contribution in [0, 0.1) is 23.2 Å². The number of carbonyl (C=O) groups excluding carboxylic acids is 1. The molecule has 2 fully saturated rings. The number of carbonyl (C=O) groups is 1. The third-order valence-corrected chi connectivity index (χ3v) is 6.14. The van der Waals surface area contributed by atoms with Crippen molar-refractivity contribution in [2.45, 2.75) is 38.1 Å². The molecule has 1 saturated carbocycles. The molecule has 1 N–H and O–H groups in total. The van der Waals surface area contributed by atoms with Crippen LogP contribution >= 0.6 is 11.6 Å². The first-order chi connectivity index (χ1) is 14.6. The minimum Gasteiger partial charge on any atom is -0.354 e. The highest BCUT2D eigenvalue weighted by Crippen LogP contribution is 2.36. The van der Waals surface area contributed by atoms with Gasteiger partial charge in [-0.25, -0.2) is 15.0 Å². The second-order valence-corrected chi connectivity index (χ2v) is 8.27. The van der Waals surface area contributed by atoms with Gasteiger partial charge in [0, 0.05) is 30.1 Å². The average Bonchev–Trinajstić information content (AvgIpc) is 3.28. The number of rotatable bonds is 5. The van der Waals surface area contributed by atoms with Gasteiger partial charge < -0.3 is 5.32 Å². The van der Waals surface area contributed by atoms with Crippen molar-refractivity contribution in [2.24, 2.45) is 11.8 Å². The molecule has 0 unspecified atom stereocenters. The van der Waals surface area contributed by atoms with Crippen molar-refractivity contribution in [1.82, 2.24) is 15.0 Å². The van der Waals surface area contributed by atoms with Crippen LogP contribution in [-0.4, -0.2) is 34.1 Å². The van der Waals surface area contributed by atoms with Crippen LogP contribution in [0.2, 0.25) is 5.02 Å². The Hall–Kier alpha value is -2.69. The van der Waals surface area contributed by atoms with Crippen LogP contribution in [0.1, 0.15) is 49.4 Å². The number of nitriles is 1. The van der Waals surface area contributed by atoms with E-state index in [4.69, 9.17) is 21.7 Å². The highest BCUT2D eigenvalue weighted by Gasteiger charge is 2.37. The lowest BCUT2D eigenvalue weighted by Crippen LogP contribution is -2.37. The molecule has 8 heteroatoms. The topological polar surface area (TPSA) is 91.1 Å². The first kappa shape index (κ1) is 20.6. The molecule has 2 aliphatic rings. The average molecular weight is 426 g/mol. The maximum atomic E-state index is 13.1. The molecule has 2 aromatic rings. The van der Waals surface area contributed by atoms with E-state index >= 15 is 0 Å². The van der Waals surface area contributed by atoms with Gasteiger partial charge in [-0.2, -0.15) is 5.26 Å². The van der Waals surface area contributed by atoms with E-state index in [1.54, 1.807) is 17.3 Å². The van der Waals surface area contributed by atoms with Crippen LogP contribution in [0.4, 0.5) is 5.95 Å². The van der Waals surface area contributed by atoms with Crippen LogP contribution in [-0.2, 0) is 9.63 Å². The van der Waals surface area contributed by atoms with Gasteiger partial charge in [0.05, 0.1) is 12.6 Å². The fraction of sp³-hybridized carbons (Fsp3) is 0.455. The number of benzene rings is 1. The molecule has 1 aliphatic carbocycles. The second kappa shape index (κ2) is 9.41. The van der Waals surface area contributed by atoms with Crippen LogP contribution in [0.25, 0.3) is 0 Å². The quantitative estimate of drug-likeness (QED) is 0.774. The van der Waals surface area contributed by atoms with Crippen LogP contribution < -0.4 is 5.32 Å². The third-order valence-electron chi connectivity index (χ3n) is 5.89. The number of amides is 1. The highest BCUT2D eigenvalue weighted by atomic mass is 35.5. The molecular formula is C22H24ClN5O2. The molecule has 1 aromatic heterocycles. The van der Waals surface area contributed by atoms with E-state index in [1.165, 1.54) is 0 Å². The lowest BCUT2D eigenvalue weighted by atomic mass is 9.81. The molecule has 156 valence electrons. The number of hydrogen-bond donors (Lipinski definition) is 1. The fourth-order valence-electron chi connectivity index (χ4n) is 4.21. The minimum atomic E-state index is -0.0429. The number of nitrogens with zero attached hydrogens (tertiary/aromatic N) is 4. The lowest BCUT2D eigenvalue weighted by molar-refractivity contribution is -0.183. The van der Waals surface area contributed by atoms with E-state index in [2.05, 4.69) is 15.3 Å². The second-order valence-electron chi connectivity index (χ2n) is 7.83.